The van der Waals surface area contributed by atoms with Crippen molar-refractivity contribution >= 4 is 21.6 Å². The lowest BCUT2D eigenvalue weighted by molar-refractivity contribution is 0.102. The highest BCUT2D eigenvalue weighted by atomic mass is 32.2. The molecule has 6 nitrogen and oxygen atoms in total. The number of anilines is 1. The van der Waals surface area contributed by atoms with Gasteiger partial charge in [-0.2, -0.15) is 0 Å². The molecule has 2 aromatic rings. The molecule has 1 saturated carbocycles. The van der Waals surface area contributed by atoms with Gasteiger partial charge in [0.25, 0.3) is 5.91 Å². The first-order valence-electron chi connectivity index (χ1n) is 10.0. The zero-order valence-corrected chi connectivity index (χ0v) is 17.8. The van der Waals surface area contributed by atoms with E-state index in [1.54, 1.807) is 0 Å². The van der Waals surface area contributed by atoms with Crippen LogP contribution < -0.4 is 10.0 Å². The highest BCUT2D eigenvalue weighted by Crippen LogP contribution is 2.25. The van der Waals surface area contributed by atoms with E-state index >= 15 is 0 Å². The van der Waals surface area contributed by atoms with E-state index in [9.17, 15) is 13.2 Å². The molecule has 29 heavy (non-hydrogen) atoms. The van der Waals surface area contributed by atoms with Crippen LogP contribution in [-0.2, 0) is 16.6 Å². The van der Waals surface area contributed by atoms with Gasteiger partial charge in [0.1, 0.15) is 0 Å². The fourth-order valence-electron chi connectivity index (χ4n) is 3.80. The number of sulfonamides is 1. The fraction of sp³-hybridized carbons (Fsp3) is 0.409. The van der Waals surface area contributed by atoms with Gasteiger partial charge in [0.05, 0.1) is 4.90 Å². The smallest absolute Gasteiger partial charge is 0.255 e. The quantitative estimate of drug-likeness (QED) is 0.724. The lowest BCUT2D eigenvalue weighted by atomic mass is 9.94. The summed E-state index contributed by atoms with van der Waals surface area (Å²) in [4.78, 5) is 15.2. The molecule has 1 fully saturated rings. The van der Waals surface area contributed by atoms with Crippen LogP contribution in [0, 0.1) is 0 Å². The Balaban J connectivity index is 1.70. The molecule has 0 aliphatic heterocycles. The zero-order chi connectivity index (χ0) is 20.9. The van der Waals surface area contributed by atoms with Crippen LogP contribution in [-0.4, -0.2) is 39.4 Å². The maximum Gasteiger partial charge on any atom is 0.255 e. The van der Waals surface area contributed by atoms with E-state index in [4.69, 9.17) is 0 Å². The number of nitrogens with one attached hydrogen (secondary N) is 2. The second kappa shape index (κ2) is 9.52. The first kappa shape index (κ1) is 21.5. The highest BCUT2D eigenvalue weighted by molar-refractivity contribution is 7.89. The Labute approximate surface area is 173 Å². The van der Waals surface area contributed by atoms with Crippen molar-refractivity contribution in [1.29, 1.82) is 0 Å². The lowest BCUT2D eigenvalue weighted by Gasteiger charge is -2.31. The SMILES string of the molecule is CNS(=O)(=O)c1ccc(C(=O)Nc2ccccc2CN(C)C2CCCCC2)cc1. The van der Waals surface area contributed by atoms with E-state index < -0.39 is 10.0 Å². The van der Waals surface area contributed by atoms with Crippen molar-refractivity contribution in [3.63, 3.8) is 0 Å². The van der Waals surface area contributed by atoms with Crippen LogP contribution in [0.25, 0.3) is 0 Å². The van der Waals surface area contributed by atoms with Gasteiger partial charge in [0, 0.05) is 23.8 Å². The normalized spacial score (nSPS) is 15.4. The van der Waals surface area contributed by atoms with Crippen LogP contribution in [0.3, 0.4) is 0 Å². The van der Waals surface area contributed by atoms with Crippen molar-refractivity contribution in [2.75, 3.05) is 19.4 Å². The molecule has 1 amide bonds. The Morgan fingerprint density at radius 3 is 2.34 bits per heavy atom. The first-order valence-corrected chi connectivity index (χ1v) is 11.5. The summed E-state index contributed by atoms with van der Waals surface area (Å²) in [6.07, 6.45) is 6.35. The molecule has 0 spiro atoms. The second-order valence-electron chi connectivity index (χ2n) is 7.55. The standard InChI is InChI=1S/C22H29N3O3S/c1-23-29(27,28)20-14-12-17(13-15-20)22(26)24-21-11-7-6-8-18(21)16-25(2)19-9-4-3-5-10-19/h6-8,11-15,19,23H,3-5,9-10,16H2,1-2H3,(H,24,26). The van der Waals surface area contributed by atoms with Crippen molar-refractivity contribution in [2.24, 2.45) is 0 Å². The third-order valence-corrected chi connectivity index (χ3v) is 7.01. The van der Waals surface area contributed by atoms with Gasteiger partial charge in [-0.1, -0.05) is 37.5 Å². The molecular weight excluding hydrogens is 386 g/mol. The molecule has 7 heteroatoms. The molecule has 0 heterocycles. The minimum Gasteiger partial charge on any atom is -0.322 e. The molecule has 1 aliphatic rings. The lowest BCUT2D eigenvalue weighted by Crippen LogP contribution is -2.33. The van der Waals surface area contributed by atoms with Crippen LogP contribution in [0.1, 0.15) is 48.0 Å². The van der Waals surface area contributed by atoms with E-state index in [1.807, 2.05) is 24.3 Å². The summed E-state index contributed by atoms with van der Waals surface area (Å²) in [6, 6.07) is 14.3. The van der Waals surface area contributed by atoms with Crippen molar-refractivity contribution in [3.05, 3.63) is 59.7 Å². The van der Waals surface area contributed by atoms with Crippen LogP contribution >= 0.6 is 0 Å². The van der Waals surface area contributed by atoms with E-state index in [-0.39, 0.29) is 10.8 Å². The molecule has 2 N–H and O–H groups in total. The largest absolute Gasteiger partial charge is 0.322 e. The number of rotatable bonds is 7. The predicted molar refractivity (Wildman–Crippen MR) is 115 cm³/mol. The average molecular weight is 416 g/mol. The van der Waals surface area contributed by atoms with Crippen LogP contribution in [0.5, 0.6) is 0 Å². The summed E-state index contributed by atoms with van der Waals surface area (Å²) in [5.41, 5.74) is 2.27. The van der Waals surface area contributed by atoms with Crippen molar-refractivity contribution in [1.82, 2.24) is 9.62 Å². The van der Waals surface area contributed by atoms with Gasteiger partial charge in [-0.25, -0.2) is 13.1 Å². The molecule has 0 radical (unpaired) electrons. The number of carbonyl (C=O) groups excluding carboxylic acids is 1. The van der Waals surface area contributed by atoms with Gasteiger partial charge in [0.15, 0.2) is 0 Å². The summed E-state index contributed by atoms with van der Waals surface area (Å²) in [5, 5.41) is 2.98. The Bertz CT molecular complexity index is 936. The Morgan fingerprint density at radius 2 is 1.69 bits per heavy atom. The molecule has 156 valence electrons. The van der Waals surface area contributed by atoms with Gasteiger partial charge in [-0.15, -0.1) is 0 Å². The molecule has 0 bridgehead atoms. The average Bonchev–Trinajstić information content (AvgIpc) is 2.75. The molecule has 2 aromatic carbocycles. The maximum absolute atomic E-state index is 12.7. The highest BCUT2D eigenvalue weighted by Gasteiger charge is 2.19. The zero-order valence-electron chi connectivity index (χ0n) is 17.0. The second-order valence-corrected chi connectivity index (χ2v) is 9.44. The molecule has 1 aliphatic carbocycles. The van der Waals surface area contributed by atoms with E-state index in [2.05, 4.69) is 22.0 Å². The number of hydrogen-bond donors (Lipinski definition) is 2. The molecule has 3 rings (SSSR count). The van der Waals surface area contributed by atoms with Gasteiger partial charge < -0.3 is 5.32 Å². The van der Waals surface area contributed by atoms with Crippen molar-refractivity contribution < 1.29 is 13.2 Å². The fourth-order valence-corrected chi connectivity index (χ4v) is 4.53. The van der Waals surface area contributed by atoms with E-state index in [0.717, 1.165) is 17.8 Å². The van der Waals surface area contributed by atoms with Gasteiger partial charge >= 0.3 is 0 Å². The molecule has 0 aromatic heterocycles. The third-order valence-electron chi connectivity index (χ3n) is 5.58. The van der Waals surface area contributed by atoms with Gasteiger partial charge in [-0.3, -0.25) is 9.69 Å². The summed E-state index contributed by atoms with van der Waals surface area (Å²) in [7, 11) is -0.0111. The Hall–Kier alpha value is -2.22. The number of hydrogen-bond acceptors (Lipinski definition) is 4. The minimum absolute atomic E-state index is 0.131. The number of nitrogens with zero attached hydrogens (tertiary/aromatic N) is 1. The molecule has 0 atom stereocenters. The predicted octanol–water partition coefficient (Wildman–Crippen LogP) is 3.61. The maximum atomic E-state index is 12.7. The summed E-state index contributed by atoms with van der Waals surface area (Å²) < 4.78 is 25.9. The van der Waals surface area contributed by atoms with E-state index in [0.29, 0.717) is 11.6 Å². The number of para-hydroxylation sites is 1. The van der Waals surface area contributed by atoms with Gasteiger partial charge in [-0.05, 0) is 62.8 Å². The van der Waals surface area contributed by atoms with Crippen LogP contribution in [0.15, 0.2) is 53.4 Å². The van der Waals surface area contributed by atoms with Gasteiger partial charge in [0.2, 0.25) is 10.0 Å². The molecule has 0 saturated heterocycles. The van der Waals surface area contributed by atoms with Crippen molar-refractivity contribution in [2.45, 2.75) is 49.6 Å². The first-order chi connectivity index (χ1) is 13.9. The summed E-state index contributed by atoms with van der Waals surface area (Å²) in [5.74, 6) is -0.258. The van der Waals surface area contributed by atoms with Crippen molar-refractivity contribution in [3.8, 4) is 0 Å². The third kappa shape index (κ3) is 5.44. The van der Waals surface area contributed by atoms with E-state index in [1.165, 1.54) is 63.4 Å². The molecule has 0 unspecified atom stereocenters. The Kier molecular flexibility index (Phi) is 7.05. The summed E-state index contributed by atoms with van der Waals surface area (Å²) in [6.45, 7) is 0.778. The number of amides is 1. The monoisotopic (exact) mass is 415 g/mol. The number of carbonyl (C=O) groups is 1. The topological polar surface area (TPSA) is 78.5 Å². The number of benzene rings is 2. The minimum atomic E-state index is -3.52. The van der Waals surface area contributed by atoms with Crippen LogP contribution in [0.4, 0.5) is 5.69 Å². The Morgan fingerprint density at radius 1 is 1.03 bits per heavy atom. The summed E-state index contributed by atoms with van der Waals surface area (Å²) >= 11 is 0. The molecular formula is C22H29N3O3S. The van der Waals surface area contributed by atoms with Crippen LogP contribution in [0.2, 0.25) is 0 Å².